The molecule has 3 heterocycles. The summed E-state index contributed by atoms with van der Waals surface area (Å²) in [7, 11) is 0. The summed E-state index contributed by atoms with van der Waals surface area (Å²) in [5.74, 6) is 0.381. The molecule has 0 atom stereocenters. The minimum Gasteiger partial charge on any atom is -0.356 e. The number of nitrogens with one attached hydrogen (secondary N) is 1. The van der Waals surface area contributed by atoms with Crippen molar-refractivity contribution in [3.63, 3.8) is 0 Å². The molecule has 10 nitrogen and oxygen atoms in total. The third kappa shape index (κ3) is 3.75. The van der Waals surface area contributed by atoms with E-state index in [1.807, 2.05) is 25.1 Å². The normalized spacial score (nSPS) is 13.9. The summed E-state index contributed by atoms with van der Waals surface area (Å²) in [6.45, 7) is 3.79. The molecular weight excluding hydrogens is 422 g/mol. The highest BCUT2D eigenvalue weighted by molar-refractivity contribution is 5.98. The Labute approximate surface area is 188 Å². The van der Waals surface area contributed by atoms with E-state index in [0.29, 0.717) is 11.2 Å². The number of hydrogen-bond donors (Lipinski definition) is 1. The Bertz CT molecular complexity index is 1420. The first kappa shape index (κ1) is 20.6. The first-order valence-corrected chi connectivity index (χ1v) is 10.6. The van der Waals surface area contributed by atoms with Gasteiger partial charge in [0.2, 0.25) is 0 Å². The van der Waals surface area contributed by atoms with Crippen LogP contribution in [0, 0.1) is 17.0 Å². The Morgan fingerprint density at radius 2 is 1.97 bits per heavy atom. The van der Waals surface area contributed by atoms with Crippen LogP contribution in [0.5, 0.6) is 0 Å². The van der Waals surface area contributed by atoms with Crippen molar-refractivity contribution in [1.82, 2.24) is 20.0 Å². The molecule has 1 aliphatic heterocycles. The molecule has 166 valence electrons. The summed E-state index contributed by atoms with van der Waals surface area (Å²) < 4.78 is 1.80. The molecular formula is C23H21N7O3. The predicted molar refractivity (Wildman–Crippen MR) is 125 cm³/mol. The summed E-state index contributed by atoms with van der Waals surface area (Å²) >= 11 is 0. The number of hydrogen-bond acceptors (Lipinski definition) is 7. The molecule has 1 saturated heterocycles. The van der Waals surface area contributed by atoms with Crippen LogP contribution in [0.1, 0.15) is 34.5 Å². The average molecular weight is 443 g/mol. The molecule has 5 rings (SSSR count). The SMILES string of the molecule is Cc1nn2c(nc(N3CCCC3)c3ccccc32)c1C=NNC(=O)c1cccc([N+](=O)[O-])c1. The highest BCUT2D eigenvalue weighted by Gasteiger charge is 2.21. The van der Waals surface area contributed by atoms with Gasteiger partial charge >= 0.3 is 0 Å². The van der Waals surface area contributed by atoms with Gasteiger partial charge in [-0.2, -0.15) is 10.2 Å². The summed E-state index contributed by atoms with van der Waals surface area (Å²) in [6.07, 6.45) is 3.79. The first-order valence-electron chi connectivity index (χ1n) is 10.6. The van der Waals surface area contributed by atoms with Crippen LogP contribution in [-0.4, -0.2) is 44.7 Å². The van der Waals surface area contributed by atoms with Gasteiger partial charge in [-0.1, -0.05) is 18.2 Å². The lowest BCUT2D eigenvalue weighted by molar-refractivity contribution is -0.384. The summed E-state index contributed by atoms with van der Waals surface area (Å²) in [5, 5.41) is 20.7. The molecule has 1 N–H and O–H groups in total. The number of benzene rings is 2. The van der Waals surface area contributed by atoms with Crippen LogP contribution in [0.3, 0.4) is 0 Å². The van der Waals surface area contributed by atoms with Gasteiger partial charge in [0.05, 0.1) is 27.9 Å². The maximum absolute atomic E-state index is 12.4. The van der Waals surface area contributed by atoms with E-state index in [1.165, 1.54) is 30.5 Å². The van der Waals surface area contributed by atoms with Gasteiger partial charge in [0, 0.05) is 36.2 Å². The van der Waals surface area contributed by atoms with Crippen LogP contribution in [0.2, 0.25) is 0 Å². The molecule has 0 radical (unpaired) electrons. The number of non-ortho nitro benzene ring substituents is 1. The minimum absolute atomic E-state index is 0.151. The quantitative estimate of drug-likeness (QED) is 0.287. The van der Waals surface area contributed by atoms with Crippen LogP contribution in [0.4, 0.5) is 11.5 Å². The second-order valence-corrected chi connectivity index (χ2v) is 7.89. The van der Waals surface area contributed by atoms with Gasteiger partial charge in [-0.25, -0.2) is 14.9 Å². The van der Waals surface area contributed by atoms with E-state index in [0.717, 1.165) is 48.3 Å². The van der Waals surface area contributed by atoms with Gasteiger partial charge in [-0.15, -0.1) is 0 Å². The lowest BCUT2D eigenvalue weighted by atomic mass is 10.2. The minimum atomic E-state index is -0.545. The number of nitrogens with zero attached hydrogens (tertiary/aromatic N) is 6. The Balaban J connectivity index is 1.50. The first-order chi connectivity index (χ1) is 16.0. The van der Waals surface area contributed by atoms with Crippen LogP contribution >= 0.6 is 0 Å². The number of para-hydroxylation sites is 1. The molecule has 10 heteroatoms. The van der Waals surface area contributed by atoms with Gasteiger partial charge in [-0.05, 0) is 38.0 Å². The number of aromatic nitrogens is 3. The molecule has 0 spiro atoms. The summed E-state index contributed by atoms with van der Waals surface area (Å²) in [6, 6.07) is 13.5. The third-order valence-electron chi connectivity index (χ3n) is 5.75. The molecule has 1 aliphatic rings. The molecule has 1 amide bonds. The molecule has 0 aliphatic carbocycles. The van der Waals surface area contributed by atoms with Crippen LogP contribution in [0.15, 0.2) is 53.6 Å². The maximum Gasteiger partial charge on any atom is 0.271 e. The fourth-order valence-electron chi connectivity index (χ4n) is 4.11. The molecule has 0 bridgehead atoms. The van der Waals surface area contributed by atoms with Crippen molar-refractivity contribution in [3.8, 4) is 0 Å². The third-order valence-corrected chi connectivity index (χ3v) is 5.75. The number of fused-ring (bicyclic) bond motifs is 3. The van der Waals surface area contributed by atoms with Gasteiger partial charge < -0.3 is 4.90 Å². The van der Waals surface area contributed by atoms with Gasteiger partial charge in [-0.3, -0.25) is 14.9 Å². The van der Waals surface area contributed by atoms with E-state index in [4.69, 9.17) is 4.98 Å². The highest BCUT2D eigenvalue weighted by atomic mass is 16.6. The lowest BCUT2D eigenvalue weighted by Crippen LogP contribution is -2.20. The number of hydrazone groups is 1. The second-order valence-electron chi connectivity index (χ2n) is 7.89. The van der Waals surface area contributed by atoms with E-state index in [1.54, 1.807) is 4.52 Å². The van der Waals surface area contributed by atoms with E-state index in [-0.39, 0.29) is 11.3 Å². The fraction of sp³-hybridized carbons (Fsp3) is 0.217. The number of anilines is 1. The van der Waals surface area contributed by atoms with E-state index in [9.17, 15) is 14.9 Å². The standard InChI is InChI=1S/C23H21N7O3/c1-15-19(14-24-26-23(31)16-7-6-8-17(13-16)30(32)33)22-25-21(28-11-4-5-12-28)18-9-2-3-10-20(18)29(22)27-15/h2-3,6-10,13-14H,4-5,11-12H2,1H3,(H,26,31). The molecule has 2 aromatic heterocycles. The van der Waals surface area contributed by atoms with E-state index < -0.39 is 10.8 Å². The van der Waals surface area contributed by atoms with E-state index >= 15 is 0 Å². The van der Waals surface area contributed by atoms with Crippen molar-refractivity contribution in [2.24, 2.45) is 5.10 Å². The zero-order valence-corrected chi connectivity index (χ0v) is 17.9. The number of nitro benzene ring substituents is 1. The number of carbonyl (C=O) groups excluding carboxylic acids is 1. The van der Waals surface area contributed by atoms with Gasteiger partial charge in [0.25, 0.3) is 11.6 Å². The Kier molecular flexibility index (Phi) is 5.17. The predicted octanol–water partition coefficient (Wildman–Crippen LogP) is 3.46. The Morgan fingerprint density at radius 3 is 2.76 bits per heavy atom. The molecule has 4 aromatic rings. The van der Waals surface area contributed by atoms with Gasteiger partial charge in [0.1, 0.15) is 5.82 Å². The van der Waals surface area contributed by atoms with Crippen LogP contribution in [0.25, 0.3) is 16.6 Å². The summed E-state index contributed by atoms with van der Waals surface area (Å²) in [5.41, 5.74) is 5.45. The number of aryl methyl sites for hydroxylation is 1. The average Bonchev–Trinajstić information content (AvgIpc) is 3.47. The number of nitro groups is 1. The Hall–Kier alpha value is -4.34. The van der Waals surface area contributed by atoms with Crippen molar-refractivity contribution in [1.29, 1.82) is 0 Å². The van der Waals surface area contributed by atoms with Crippen molar-refractivity contribution in [2.75, 3.05) is 18.0 Å². The molecule has 33 heavy (non-hydrogen) atoms. The zero-order valence-electron chi connectivity index (χ0n) is 17.9. The lowest BCUT2D eigenvalue weighted by Gasteiger charge is -2.19. The molecule has 1 fully saturated rings. The smallest absolute Gasteiger partial charge is 0.271 e. The largest absolute Gasteiger partial charge is 0.356 e. The van der Waals surface area contributed by atoms with Crippen molar-refractivity contribution in [3.05, 3.63) is 75.5 Å². The zero-order chi connectivity index (χ0) is 22.9. The molecule has 0 saturated carbocycles. The molecule has 2 aromatic carbocycles. The number of amides is 1. The van der Waals surface area contributed by atoms with Gasteiger partial charge in [0.15, 0.2) is 5.65 Å². The topological polar surface area (TPSA) is 118 Å². The number of carbonyl (C=O) groups is 1. The second kappa shape index (κ2) is 8.30. The monoisotopic (exact) mass is 443 g/mol. The van der Waals surface area contributed by atoms with E-state index in [2.05, 4.69) is 26.6 Å². The van der Waals surface area contributed by atoms with Crippen molar-refractivity contribution < 1.29 is 9.72 Å². The van der Waals surface area contributed by atoms with Crippen molar-refractivity contribution in [2.45, 2.75) is 19.8 Å². The summed E-state index contributed by atoms with van der Waals surface area (Å²) in [4.78, 5) is 30.0. The van der Waals surface area contributed by atoms with Crippen LogP contribution < -0.4 is 10.3 Å². The maximum atomic E-state index is 12.4. The van der Waals surface area contributed by atoms with Crippen LogP contribution in [-0.2, 0) is 0 Å². The Morgan fingerprint density at radius 1 is 1.18 bits per heavy atom. The fourth-order valence-corrected chi connectivity index (χ4v) is 4.11. The molecule has 0 unspecified atom stereocenters. The number of rotatable bonds is 5. The highest BCUT2D eigenvalue weighted by Crippen LogP contribution is 2.29. The van der Waals surface area contributed by atoms with Crippen molar-refractivity contribution >= 4 is 40.2 Å².